The third-order valence-corrected chi connectivity index (χ3v) is 14.0. The van der Waals surface area contributed by atoms with E-state index in [9.17, 15) is 28.7 Å². The maximum Gasteiger partial charge on any atom is 0.330 e. The molecule has 4 aromatic rings. The van der Waals surface area contributed by atoms with E-state index in [1.165, 1.54) is 40.5 Å². The highest BCUT2D eigenvalue weighted by Gasteiger charge is 2.61. The number of halogens is 1. The van der Waals surface area contributed by atoms with Crippen molar-refractivity contribution in [2.45, 2.75) is 127 Å². The van der Waals surface area contributed by atoms with E-state index in [0.29, 0.717) is 46.6 Å². The number of carboxylic acids is 1. The topological polar surface area (TPSA) is 201 Å². The SMILES string of the molecule is COc1ccc2c(O[C@@H]3C[C@H]4C(=O)N[C@]5(C(=O)O)CC5C=CCCCCC[C@H](NC(=O)N[C@H](C(=O)c5ccc(F)cc5)C5CCCCC5)C(=O)N4C3)cc(-c3csc(NC(C)C)n3)nc2c1. The van der Waals surface area contributed by atoms with E-state index in [0.717, 1.165) is 50.1 Å². The average Bonchev–Trinajstić information content (AvgIpc) is 3.56. The number of hydrogen-bond acceptors (Lipinski definition) is 11. The molecule has 0 spiro atoms. The number of carbonyl (C=O) groups excluding carboxylic acids is 4. The lowest BCUT2D eigenvalue weighted by Crippen LogP contribution is -2.58. The first-order chi connectivity index (χ1) is 31.8. The van der Waals surface area contributed by atoms with Crippen LogP contribution in [0, 0.1) is 17.7 Å². The van der Waals surface area contributed by atoms with Gasteiger partial charge in [0, 0.05) is 46.8 Å². The van der Waals surface area contributed by atoms with Crippen LogP contribution in [0.25, 0.3) is 22.3 Å². The van der Waals surface area contributed by atoms with Crippen molar-refractivity contribution in [3.8, 4) is 22.9 Å². The van der Waals surface area contributed by atoms with Gasteiger partial charge >= 0.3 is 12.0 Å². The Morgan fingerprint density at radius 3 is 2.47 bits per heavy atom. The molecule has 8 rings (SSSR count). The molecule has 1 unspecified atom stereocenters. The van der Waals surface area contributed by atoms with Gasteiger partial charge in [-0.2, -0.15) is 0 Å². The lowest BCUT2D eigenvalue weighted by Gasteiger charge is -2.32. The molecule has 2 aliphatic heterocycles. The normalized spacial score (nSPS) is 24.3. The van der Waals surface area contributed by atoms with Gasteiger partial charge in [-0.25, -0.2) is 23.9 Å². The Morgan fingerprint density at radius 2 is 1.73 bits per heavy atom. The Labute approximate surface area is 387 Å². The molecule has 17 heteroatoms. The summed E-state index contributed by atoms with van der Waals surface area (Å²) in [4.78, 5) is 81.3. The molecule has 5 N–H and O–H groups in total. The Kier molecular flexibility index (Phi) is 14.2. The highest BCUT2D eigenvalue weighted by molar-refractivity contribution is 7.14. The molecule has 350 valence electrons. The molecule has 15 nitrogen and oxygen atoms in total. The number of methoxy groups -OCH3 is 1. The smallest absolute Gasteiger partial charge is 0.330 e. The summed E-state index contributed by atoms with van der Waals surface area (Å²) >= 11 is 1.45. The van der Waals surface area contributed by atoms with Crippen LogP contribution in [0.3, 0.4) is 0 Å². The second-order valence-electron chi connectivity index (χ2n) is 18.3. The van der Waals surface area contributed by atoms with Crippen LogP contribution in [0.15, 0.2) is 66.1 Å². The van der Waals surface area contributed by atoms with Gasteiger partial charge in [-0.15, -0.1) is 11.3 Å². The zero-order valence-electron chi connectivity index (χ0n) is 37.5. The average molecular weight is 924 g/mol. The van der Waals surface area contributed by atoms with E-state index < -0.39 is 65.3 Å². The summed E-state index contributed by atoms with van der Waals surface area (Å²) in [7, 11) is 1.57. The predicted molar refractivity (Wildman–Crippen MR) is 248 cm³/mol. The number of carboxylic acid groups (broad SMARTS) is 1. The molecule has 4 aliphatic rings. The van der Waals surface area contributed by atoms with Crippen LogP contribution in [0.5, 0.6) is 11.5 Å². The van der Waals surface area contributed by atoms with Crippen LogP contribution < -0.4 is 30.7 Å². The van der Waals surface area contributed by atoms with Gasteiger partial charge in [-0.1, -0.05) is 44.3 Å². The number of aliphatic carboxylic acids is 1. The number of rotatable bonds is 12. The van der Waals surface area contributed by atoms with Crippen molar-refractivity contribution in [3.05, 3.63) is 77.4 Å². The number of nitrogens with zero attached hydrogens (tertiary/aromatic N) is 3. The Morgan fingerprint density at radius 1 is 0.970 bits per heavy atom. The molecule has 4 heterocycles. The lowest BCUT2D eigenvalue weighted by atomic mass is 9.81. The van der Waals surface area contributed by atoms with E-state index in [4.69, 9.17) is 19.4 Å². The van der Waals surface area contributed by atoms with Crippen molar-refractivity contribution in [1.29, 1.82) is 0 Å². The van der Waals surface area contributed by atoms with Crippen LogP contribution in [0.4, 0.5) is 14.3 Å². The number of urea groups is 1. The number of fused-ring (bicyclic) bond motifs is 3. The van der Waals surface area contributed by atoms with Crippen LogP contribution in [0.1, 0.15) is 101 Å². The monoisotopic (exact) mass is 923 g/mol. The summed E-state index contributed by atoms with van der Waals surface area (Å²) in [6, 6.07) is 8.74. The van der Waals surface area contributed by atoms with E-state index in [1.54, 1.807) is 25.3 Å². The number of carbonyl (C=O) groups is 5. The second kappa shape index (κ2) is 20.2. The van der Waals surface area contributed by atoms with Gasteiger partial charge in [0.25, 0.3) is 0 Å². The minimum absolute atomic E-state index is 0.0249. The number of aromatic nitrogens is 2. The van der Waals surface area contributed by atoms with E-state index in [1.807, 2.05) is 37.4 Å². The van der Waals surface area contributed by atoms with Crippen LogP contribution in [-0.4, -0.2) is 99.0 Å². The number of nitrogens with one attached hydrogen (secondary N) is 4. The molecule has 2 aromatic heterocycles. The molecular formula is C49H58FN7O8S. The fourth-order valence-electron chi connectivity index (χ4n) is 9.56. The molecule has 2 saturated carbocycles. The standard InChI is InChI=1S/C49H58FN7O8S/c1-28(2)51-48-54-39(27-66-48)38-24-41(35-21-20-33(64-3)22-37(35)52-38)65-34-23-40-44(59)56-49(46(61)62)25-31(49)14-10-5-4-6-11-15-36(45(60)57(40)26-34)53-47(63)55-42(29-12-8-7-9-13-29)43(58)30-16-18-32(50)19-17-30/h10,14,16-22,24,27-29,31,34,36,40,42H,4-9,11-13,15,23,25-26H2,1-3H3,(H,51,54)(H,56,59)(H,61,62)(H2,53,55,63)/t31?,34-,36+,40+,42+,49-/m1/s1. The first-order valence-corrected chi connectivity index (χ1v) is 24.0. The number of hydrogen-bond donors (Lipinski definition) is 5. The zero-order chi connectivity index (χ0) is 46.5. The van der Waals surface area contributed by atoms with Crippen molar-refractivity contribution in [1.82, 2.24) is 30.8 Å². The lowest BCUT2D eigenvalue weighted by molar-refractivity contribution is -0.145. The molecule has 66 heavy (non-hydrogen) atoms. The van der Waals surface area contributed by atoms with Crippen LogP contribution in [-0.2, 0) is 14.4 Å². The number of benzene rings is 2. The second-order valence-corrected chi connectivity index (χ2v) is 19.1. The fourth-order valence-corrected chi connectivity index (χ4v) is 10.4. The van der Waals surface area contributed by atoms with Gasteiger partial charge in [0.15, 0.2) is 10.9 Å². The van der Waals surface area contributed by atoms with Crippen molar-refractivity contribution in [2.75, 3.05) is 19.0 Å². The molecular weight excluding hydrogens is 866 g/mol. The number of thiazole rings is 1. The summed E-state index contributed by atoms with van der Waals surface area (Å²) in [5.74, 6) is -2.68. The molecule has 6 atom stereocenters. The number of amides is 4. The zero-order valence-corrected chi connectivity index (χ0v) is 38.3. The molecule has 2 aromatic carbocycles. The summed E-state index contributed by atoms with van der Waals surface area (Å²) < 4.78 is 26.2. The number of allylic oxidation sites excluding steroid dienone is 1. The first-order valence-electron chi connectivity index (χ1n) is 23.1. The van der Waals surface area contributed by atoms with Crippen molar-refractivity contribution >= 4 is 57.0 Å². The molecule has 3 fully saturated rings. The fraction of sp³-hybridized carbons (Fsp3) is 0.490. The number of ether oxygens (including phenoxy) is 2. The van der Waals surface area contributed by atoms with Crippen LogP contribution >= 0.6 is 11.3 Å². The van der Waals surface area contributed by atoms with Crippen molar-refractivity contribution in [2.24, 2.45) is 11.8 Å². The molecule has 0 radical (unpaired) electrons. The van der Waals surface area contributed by atoms with Crippen molar-refractivity contribution in [3.63, 3.8) is 0 Å². The Balaban J connectivity index is 1.10. The maximum atomic E-state index is 15.0. The summed E-state index contributed by atoms with van der Waals surface area (Å²) in [6.07, 6.45) is 10.6. The van der Waals surface area contributed by atoms with E-state index in [2.05, 4.69) is 21.3 Å². The summed E-state index contributed by atoms with van der Waals surface area (Å²) in [6.45, 7) is 4.00. The Bertz CT molecular complexity index is 2470. The quantitative estimate of drug-likeness (QED) is 0.0690. The molecule has 0 bridgehead atoms. The number of pyridine rings is 1. The highest BCUT2D eigenvalue weighted by Crippen LogP contribution is 2.46. The van der Waals surface area contributed by atoms with Gasteiger partial charge in [-0.3, -0.25) is 14.4 Å². The van der Waals surface area contributed by atoms with Gasteiger partial charge < -0.3 is 40.7 Å². The largest absolute Gasteiger partial charge is 0.497 e. The number of anilines is 1. The van der Waals surface area contributed by atoms with E-state index in [-0.39, 0.29) is 49.1 Å². The molecule has 2 aliphatic carbocycles. The minimum atomic E-state index is -1.52. The van der Waals surface area contributed by atoms with Gasteiger partial charge in [0.1, 0.15) is 46.7 Å². The number of Topliss-reactive ketones (excluding diaryl/α,β-unsaturated/α-hetero) is 1. The third kappa shape index (κ3) is 10.5. The van der Waals surface area contributed by atoms with Gasteiger partial charge in [0.05, 0.1) is 30.9 Å². The molecule has 1 saturated heterocycles. The van der Waals surface area contributed by atoms with Crippen molar-refractivity contribution < 1.29 is 42.9 Å². The minimum Gasteiger partial charge on any atom is -0.497 e. The molecule has 4 amide bonds. The van der Waals surface area contributed by atoms with Gasteiger partial charge in [0.2, 0.25) is 11.8 Å². The Hall–Kier alpha value is -6.10. The van der Waals surface area contributed by atoms with Crippen LogP contribution in [0.2, 0.25) is 0 Å². The number of ketones is 1. The maximum absolute atomic E-state index is 15.0. The predicted octanol–water partition coefficient (Wildman–Crippen LogP) is 7.65. The summed E-state index contributed by atoms with van der Waals surface area (Å²) in [5, 5.41) is 25.6. The van der Waals surface area contributed by atoms with E-state index >= 15 is 4.79 Å². The first kappa shape index (κ1) is 46.4. The summed E-state index contributed by atoms with van der Waals surface area (Å²) in [5.41, 5.74) is 0.488. The van der Waals surface area contributed by atoms with Gasteiger partial charge in [-0.05, 0) is 94.7 Å². The highest BCUT2D eigenvalue weighted by atomic mass is 32.1. The third-order valence-electron chi connectivity index (χ3n) is 13.2.